The zero-order chi connectivity index (χ0) is 9.10. The molecule has 0 amide bonds. The molecule has 1 aliphatic carbocycles. The highest BCUT2D eigenvalue weighted by Gasteiger charge is 2.07. The molecule has 0 aliphatic heterocycles. The Bertz CT molecular complexity index is 296. The molecule has 0 unspecified atom stereocenters. The Hall–Kier alpha value is -0.120. The van der Waals surface area contributed by atoms with E-state index < -0.39 is 0 Å². The van der Waals surface area contributed by atoms with Gasteiger partial charge in [-0.25, -0.2) is 4.98 Å². The number of rotatable bonds is 0. The molecule has 0 bridgehead atoms. The lowest BCUT2D eigenvalue weighted by Crippen LogP contribution is -2.03. The molecule has 0 saturated heterocycles. The van der Waals surface area contributed by atoms with Gasteiger partial charge in [0.15, 0.2) is 0 Å². The van der Waals surface area contributed by atoms with Crippen LogP contribution in [0.5, 0.6) is 0 Å². The minimum absolute atomic E-state index is 1.14. The van der Waals surface area contributed by atoms with E-state index in [1.165, 1.54) is 49.8 Å². The summed E-state index contributed by atoms with van der Waals surface area (Å²) in [7, 11) is 0. The number of pyridine rings is 1. The van der Waals surface area contributed by atoms with Crippen molar-refractivity contribution in [2.75, 3.05) is 0 Å². The third kappa shape index (κ3) is 2.42. The second-order valence-electron chi connectivity index (χ2n) is 3.65. The van der Waals surface area contributed by atoms with Gasteiger partial charge < -0.3 is 0 Å². The molecule has 0 aromatic carbocycles. The smallest absolute Gasteiger partial charge is 0.101 e. The van der Waals surface area contributed by atoms with E-state index in [1.807, 2.05) is 0 Å². The lowest BCUT2D eigenvalue weighted by atomic mass is 9.97. The number of aryl methyl sites for hydroxylation is 2. The van der Waals surface area contributed by atoms with Crippen LogP contribution in [0.4, 0.5) is 0 Å². The molecule has 0 saturated carbocycles. The standard InChI is InChI=1S/C11H14IN/c12-11-8-7-9-5-3-1-2-4-6-10(9)13-11/h7-8H,1-6H2. The van der Waals surface area contributed by atoms with Gasteiger partial charge in [0, 0.05) is 5.69 Å². The molecular formula is C11H14IN. The van der Waals surface area contributed by atoms with E-state index in [1.54, 1.807) is 0 Å². The van der Waals surface area contributed by atoms with Gasteiger partial charge in [-0.1, -0.05) is 18.9 Å². The van der Waals surface area contributed by atoms with Crippen LogP contribution in [0.2, 0.25) is 0 Å². The van der Waals surface area contributed by atoms with Gasteiger partial charge in [0.25, 0.3) is 0 Å². The van der Waals surface area contributed by atoms with Gasteiger partial charge in [-0.3, -0.25) is 0 Å². The molecule has 2 heteroatoms. The van der Waals surface area contributed by atoms with Crippen molar-refractivity contribution in [3.05, 3.63) is 27.1 Å². The van der Waals surface area contributed by atoms with Crippen LogP contribution in [0.3, 0.4) is 0 Å². The maximum absolute atomic E-state index is 4.60. The van der Waals surface area contributed by atoms with Crippen LogP contribution in [0.25, 0.3) is 0 Å². The van der Waals surface area contributed by atoms with E-state index in [0.29, 0.717) is 0 Å². The summed E-state index contributed by atoms with van der Waals surface area (Å²) in [5.74, 6) is 0. The summed E-state index contributed by atoms with van der Waals surface area (Å²) in [5.41, 5.74) is 2.84. The summed E-state index contributed by atoms with van der Waals surface area (Å²) >= 11 is 2.30. The fraction of sp³-hybridized carbons (Fsp3) is 0.545. The van der Waals surface area contributed by atoms with Crippen molar-refractivity contribution in [3.63, 3.8) is 0 Å². The lowest BCUT2D eigenvalue weighted by molar-refractivity contribution is 0.608. The highest BCUT2D eigenvalue weighted by atomic mass is 127. The molecule has 0 radical (unpaired) electrons. The highest BCUT2D eigenvalue weighted by molar-refractivity contribution is 14.1. The van der Waals surface area contributed by atoms with Crippen molar-refractivity contribution in [1.82, 2.24) is 4.98 Å². The first-order chi connectivity index (χ1) is 6.36. The van der Waals surface area contributed by atoms with Gasteiger partial charge in [-0.15, -0.1) is 0 Å². The van der Waals surface area contributed by atoms with Crippen LogP contribution < -0.4 is 0 Å². The fourth-order valence-corrected chi connectivity index (χ4v) is 2.38. The monoisotopic (exact) mass is 287 g/mol. The van der Waals surface area contributed by atoms with Crippen molar-refractivity contribution < 1.29 is 0 Å². The maximum atomic E-state index is 4.60. The predicted octanol–water partition coefficient (Wildman–Crippen LogP) is 3.35. The van der Waals surface area contributed by atoms with Crippen molar-refractivity contribution >= 4 is 22.6 Å². The second kappa shape index (κ2) is 4.40. The molecule has 70 valence electrons. The number of hydrogen-bond acceptors (Lipinski definition) is 1. The highest BCUT2D eigenvalue weighted by Crippen LogP contribution is 2.19. The normalized spacial score (nSPS) is 17.3. The van der Waals surface area contributed by atoms with Gasteiger partial charge in [0.1, 0.15) is 3.70 Å². The van der Waals surface area contributed by atoms with Gasteiger partial charge >= 0.3 is 0 Å². The molecule has 0 spiro atoms. The van der Waals surface area contributed by atoms with Crippen LogP contribution in [-0.4, -0.2) is 4.98 Å². The fourth-order valence-electron chi connectivity index (χ4n) is 1.91. The minimum Gasteiger partial charge on any atom is -0.247 e. The Balaban J connectivity index is 2.28. The van der Waals surface area contributed by atoms with E-state index in [9.17, 15) is 0 Å². The summed E-state index contributed by atoms with van der Waals surface area (Å²) < 4.78 is 1.14. The molecule has 1 aliphatic rings. The first kappa shape index (κ1) is 9.44. The molecule has 1 heterocycles. The predicted molar refractivity (Wildman–Crippen MR) is 62.8 cm³/mol. The second-order valence-corrected chi connectivity index (χ2v) is 4.76. The van der Waals surface area contributed by atoms with Crippen LogP contribution >= 0.6 is 22.6 Å². The first-order valence-corrected chi connectivity index (χ1v) is 6.08. The van der Waals surface area contributed by atoms with Crippen molar-refractivity contribution in [2.45, 2.75) is 38.5 Å². The Labute approximate surface area is 93.1 Å². The van der Waals surface area contributed by atoms with Gasteiger partial charge in [0.05, 0.1) is 0 Å². The summed E-state index contributed by atoms with van der Waals surface area (Å²) in [4.78, 5) is 4.60. The average molecular weight is 287 g/mol. The minimum atomic E-state index is 1.14. The first-order valence-electron chi connectivity index (χ1n) is 5.00. The van der Waals surface area contributed by atoms with Crippen molar-refractivity contribution in [3.8, 4) is 0 Å². The number of hydrogen-bond donors (Lipinski definition) is 0. The van der Waals surface area contributed by atoms with Crippen LogP contribution in [0, 0.1) is 3.70 Å². The van der Waals surface area contributed by atoms with Crippen molar-refractivity contribution in [1.29, 1.82) is 0 Å². The van der Waals surface area contributed by atoms with E-state index in [4.69, 9.17) is 0 Å². The zero-order valence-corrected chi connectivity index (χ0v) is 9.88. The van der Waals surface area contributed by atoms with Crippen LogP contribution in [-0.2, 0) is 12.8 Å². The molecule has 0 atom stereocenters. The number of nitrogens with zero attached hydrogens (tertiary/aromatic N) is 1. The summed E-state index contributed by atoms with van der Waals surface area (Å²) in [6.45, 7) is 0. The van der Waals surface area contributed by atoms with Gasteiger partial charge in [-0.05, 0) is 59.9 Å². The van der Waals surface area contributed by atoms with E-state index >= 15 is 0 Å². The topological polar surface area (TPSA) is 12.9 Å². The van der Waals surface area contributed by atoms with Gasteiger partial charge in [0.2, 0.25) is 0 Å². The summed E-state index contributed by atoms with van der Waals surface area (Å²) in [6, 6.07) is 4.39. The Morgan fingerprint density at radius 1 is 1.00 bits per heavy atom. The molecule has 1 nitrogen and oxygen atoms in total. The maximum Gasteiger partial charge on any atom is 0.101 e. The number of halogens is 1. The third-order valence-corrected chi connectivity index (χ3v) is 3.24. The molecule has 2 rings (SSSR count). The van der Waals surface area contributed by atoms with E-state index in [-0.39, 0.29) is 0 Å². The SMILES string of the molecule is Ic1ccc2c(n1)CCCCCC2. The largest absolute Gasteiger partial charge is 0.247 e. The van der Waals surface area contributed by atoms with Crippen LogP contribution in [0.15, 0.2) is 12.1 Å². The number of aromatic nitrogens is 1. The zero-order valence-electron chi connectivity index (χ0n) is 7.72. The number of fused-ring (bicyclic) bond motifs is 1. The molecule has 13 heavy (non-hydrogen) atoms. The molecule has 1 aromatic rings. The van der Waals surface area contributed by atoms with E-state index in [2.05, 4.69) is 39.7 Å². The quantitative estimate of drug-likeness (QED) is 0.527. The summed E-state index contributed by atoms with van der Waals surface area (Å²) in [5, 5.41) is 0. The van der Waals surface area contributed by atoms with Crippen molar-refractivity contribution in [2.24, 2.45) is 0 Å². The molecule has 1 aromatic heterocycles. The Morgan fingerprint density at radius 3 is 2.62 bits per heavy atom. The summed E-state index contributed by atoms with van der Waals surface area (Å²) in [6.07, 6.45) is 7.86. The lowest BCUT2D eigenvalue weighted by Gasteiger charge is -2.12. The van der Waals surface area contributed by atoms with E-state index in [0.717, 1.165) is 3.70 Å². The van der Waals surface area contributed by atoms with Gasteiger partial charge in [-0.2, -0.15) is 0 Å². The molecule has 0 fully saturated rings. The Kier molecular flexibility index (Phi) is 3.19. The average Bonchev–Trinajstić information content (AvgIpc) is 2.08. The van der Waals surface area contributed by atoms with Crippen LogP contribution in [0.1, 0.15) is 36.9 Å². The Morgan fingerprint density at radius 2 is 1.77 bits per heavy atom. The molecule has 0 N–H and O–H groups in total. The third-order valence-electron chi connectivity index (χ3n) is 2.64. The molecular weight excluding hydrogens is 273 g/mol.